The summed E-state index contributed by atoms with van der Waals surface area (Å²) >= 11 is 0. The zero-order chi connectivity index (χ0) is 46.3. The molecule has 0 unspecified atom stereocenters. The van der Waals surface area contributed by atoms with E-state index in [0.29, 0.717) is 12.8 Å². The average molecular weight is 852 g/mol. The number of nitrogens with one attached hydrogen (secondary N) is 5. The maximum absolute atomic E-state index is 14.0. The number of Topliss-reactive ketones (excluding diaryl/α,β-unsaturated/α-hetero) is 1. The third kappa shape index (κ3) is 18.4. The number of likely N-dealkylation sites (tertiary alicyclic amines) is 1. The highest BCUT2D eigenvalue weighted by Crippen LogP contribution is 2.22. The molecule has 1 aliphatic heterocycles. The number of hydrogen-bond donors (Lipinski definition) is 6. The van der Waals surface area contributed by atoms with E-state index in [9.17, 15) is 47.9 Å². The van der Waals surface area contributed by atoms with Crippen molar-refractivity contribution < 1.29 is 57.4 Å². The van der Waals surface area contributed by atoms with Crippen LogP contribution in [0.5, 0.6) is 0 Å². The molecule has 1 rings (SSSR count). The van der Waals surface area contributed by atoms with E-state index in [2.05, 4.69) is 26.6 Å². The standard InChI is InChI=1S/C41H69N7O12/c1-13-15-25(33(52)34(42)53)44-37(56)28-16-14-21-48(28)39(58)32(23(4)5)47-38(57)31(22(2)3)46-36(55)27(18-20-30(51)60-41(10,11)12)45-35(54)26(43-24(6)49)17-19-29(50)59-40(7,8)9/h22-23,25-28,31-32H,13-21H2,1-12H3,(H2,42,53)(H,43,49)(H,44,56)(H,45,54)(H,46,55)(H,47,57)/t25-,26-,27-,28-,31-,32-/m0/s1. The predicted molar refractivity (Wildman–Crippen MR) is 219 cm³/mol. The third-order valence-corrected chi connectivity index (χ3v) is 9.21. The molecule has 340 valence electrons. The lowest BCUT2D eigenvalue weighted by Gasteiger charge is -2.33. The topological polar surface area (TPSA) is 279 Å². The molecule has 0 aliphatic carbocycles. The number of nitrogens with two attached hydrogens (primary N) is 1. The van der Waals surface area contributed by atoms with E-state index in [4.69, 9.17) is 15.2 Å². The third-order valence-electron chi connectivity index (χ3n) is 9.21. The first-order chi connectivity index (χ1) is 27.6. The van der Waals surface area contributed by atoms with Crippen molar-refractivity contribution in [1.82, 2.24) is 31.5 Å². The molecule has 0 spiro atoms. The van der Waals surface area contributed by atoms with E-state index in [1.165, 1.54) is 11.8 Å². The Morgan fingerprint density at radius 3 is 1.55 bits per heavy atom. The molecule has 0 aromatic heterocycles. The number of nitrogens with zero attached hydrogens (tertiary/aromatic N) is 1. The molecule has 1 saturated heterocycles. The molecule has 60 heavy (non-hydrogen) atoms. The molecule has 7 N–H and O–H groups in total. The zero-order valence-corrected chi connectivity index (χ0v) is 37.4. The van der Waals surface area contributed by atoms with Gasteiger partial charge in [0.15, 0.2) is 0 Å². The Kier molecular flexibility index (Phi) is 20.8. The van der Waals surface area contributed by atoms with Crippen LogP contribution in [0, 0.1) is 11.8 Å². The molecule has 6 atom stereocenters. The molecule has 19 nitrogen and oxygen atoms in total. The van der Waals surface area contributed by atoms with E-state index >= 15 is 0 Å². The lowest BCUT2D eigenvalue weighted by molar-refractivity contribution is -0.156. The fraction of sp³-hybridized carbons (Fsp3) is 0.756. The number of rotatable bonds is 22. The average Bonchev–Trinajstić information content (AvgIpc) is 3.60. The van der Waals surface area contributed by atoms with Crippen molar-refractivity contribution in [1.29, 1.82) is 0 Å². The van der Waals surface area contributed by atoms with Crippen molar-refractivity contribution in [3.63, 3.8) is 0 Å². The van der Waals surface area contributed by atoms with Crippen molar-refractivity contribution in [3.8, 4) is 0 Å². The van der Waals surface area contributed by atoms with E-state index in [1.54, 1.807) is 76.2 Å². The van der Waals surface area contributed by atoms with Crippen molar-refractivity contribution in [3.05, 3.63) is 0 Å². The van der Waals surface area contributed by atoms with Crippen LogP contribution in [0.1, 0.15) is 134 Å². The molecule has 7 amide bonds. The number of ether oxygens (including phenoxy) is 2. The van der Waals surface area contributed by atoms with Gasteiger partial charge >= 0.3 is 11.9 Å². The minimum atomic E-state index is -1.43. The second-order valence-corrected chi connectivity index (χ2v) is 17.8. The fourth-order valence-electron chi connectivity index (χ4n) is 6.39. The Morgan fingerprint density at radius 2 is 1.12 bits per heavy atom. The maximum Gasteiger partial charge on any atom is 0.306 e. The molecule has 1 aliphatic rings. The molecular formula is C41H69N7O12. The van der Waals surface area contributed by atoms with Crippen molar-refractivity contribution in [2.75, 3.05) is 6.54 Å². The molecule has 0 aromatic carbocycles. The van der Waals surface area contributed by atoms with Gasteiger partial charge < -0.3 is 46.7 Å². The summed E-state index contributed by atoms with van der Waals surface area (Å²) in [5, 5.41) is 13.0. The number of hydrogen-bond acceptors (Lipinski definition) is 12. The first-order valence-corrected chi connectivity index (χ1v) is 20.6. The fourth-order valence-corrected chi connectivity index (χ4v) is 6.39. The SMILES string of the molecule is CCC[C@H](NC(=O)[C@@H]1CCCN1C(=O)[C@@H](NC(=O)[C@@H](NC(=O)[C@H](CCC(=O)OC(C)(C)C)NC(=O)[C@H](CCC(=O)OC(C)(C)C)NC(C)=O)C(C)C)C(C)C)C(=O)C(N)=O. The van der Waals surface area contributed by atoms with E-state index in [0.717, 1.165) is 0 Å². The quantitative estimate of drug-likeness (QED) is 0.0653. The van der Waals surface area contributed by atoms with Crippen LogP contribution in [0.25, 0.3) is 0 Å². The lowest BCUT2D eigenvalue weighted by Crippen LogP contribution is -2.61. The van der Waals surface area contributed by atoms with Crippen LogP contribution in [0.2, 0.25) is 0 Å². The number of amides is 7. The molecule has 0 aromatic rings. The van der Waals surface area contributed by atoms with Crippen molar-refractivity contribution in [2.24, 2.45) is 17.6 Å². The summed E-state index contributed by atoms with van der Waals surface area (Å²) in [6, 6.07) is -7.27. The Labute approximate surface area is 353 Å². The summed E-state index contributed by atoms with van der Waals surface area (Å²) in [6.45, 7) is 19.8. The summed E-state index contributed by atoms with van der Waals surface area (Å²) in [7, 11) is 0. The van der Waals surface area contributed by atoms with E-state index in [1.807, 2.05) is 0 Å². The molecule has 19 heteroatoms. The van der Waals surface area contributed by atoms with Crippen LogP contribution in [0.15, 0.2) is 0 Å². The van der Waals surface area contributed by atoms with Gasteiger partial charge in [-0.25, -0.2) is 0 Å². The van der Waals surface area contributed by atoms with Crippen LogP contribution in [-0.4, -0.2) is 118 Å². The van der Waals surface area contributed by atoms with Gasteiger partial charge in [0.25, 0.3) is 5.91 Å². The van der Waals surface area contributed by atoms with Crippen LogP contribution >= 0.6 is 0 Å². The minimum absolute atomic E-state index is 0.163. The Morgan fingerprint density at radius 1 is 0.650 bits per heavy atom. The second kappa shape index (κ2) is 23.6. The highest BCUT2D eigenvalue weighted by molar-refractivity contribution is 6.37. The van der Waals surface area contributed by atoms with Crippen LogP contribution in [0.4, 0.5) is 0 Å². The second-order valence-electron chi connectivity index (χ2n) is 17.8. The van der Waals surface area contributed by atoms with Gasteiger partial charge in [-0.2, -0.15) is 0 Å². The molecule has 0 saturated carbocycles. The van der Waals surface area contributed by atoms with Gasteiger partial charge in [0, 0.05) is 26.3 Å². The van der Waals surface area contributed by atoms with Gasteiger partial charge in [-0.05, 0) is 85.5 Å². The summed E-state index contributed by atoms with van der Waals surface area (Å²) in [5.74, 6) is -8.71. The number of carbonyl (C=O) groups excluding carboxylic acids is 10. The maximum atomic E-state index is 14.0. The first-order valence-electron chi connectivity index (χ1n) is 20.6. The van der Waals surface area contributed by atoms with E-state index in [-0.39, 0.29) is 45.1 Å². The minimum Gasteiger partial charge on any atom is -0.460 e. The number of esters is 2. The number of primary amides is 1. The molecule has 0 bridgehead atoms. The van der Waals surface area contributed by atoms with Crippen LogP contribution in [-0.2, 0) is 57.4 Å². The highest BCUT2D eigenvalue weighted by Gasteiger charge is 2.41. The Balaban J connectivity index is 3.35. The smallest absolute Gasteiger partial charge is 0.306 e. The van der Waals surface area contributed by atoms with Crippen LogP contribution < -0.4 is 32.3 Å². The van der Waals surface area contributed by atoms with Gasteiger partial charge in [0.2, 0.25) is 41.2 Å². The monoisotopic (exact) mass is 852 g/mol. The Bertz CT molecular complexity index is 1580. The summed E-state index contributed by atoms with van der Waals surface area (Å²) in [5.41, 5.74) is 3.54. The molecule has 1 fully saturated rings. The van der Waals surface area contributed by atoms with Gasteiger partial charge in [-0.15, -0.1) is 0 Å². The van der Waals surface area contributed by atoms with E-state index < -0.39 is 118 Å². The number of ketones is 1. The summed E-state index contributed by atoms with van der Waals surface area (Å²) in [6.07, 6.45) is 0.349. The largest absolute Gasteiger partial charge is 0.460 e. The lowest BCUT2D eigenvalue weighted by atomic mass is 9.98. The van der Waals surface area contributed by atoms with Gasteiger partial charge in [-0.1, -0.05) is 41.0 Å². The predicted octanol–water partition coefficient (Wildman–Crippen LogP) is 0.832. The molecular weight excluding hydrogens is 782 g/mol. The molecule has 1 heterocycles. The summed E-state index contributed by atoms with van der Waals surface area (Å²) < 4.78 is 10.7. The first kappa shape index (κ1) is 52.9. The molecule has 0 radical (unpaired) electrons. The van der Waals surface area contributed by atoms with Crippen molar-refractivity contribution >= 4 is 59.1 Å². The van der Waals surface area contributed by atoms with Gasteiger partial charge in [-0.3, -0.25) is 47.9 Å². The van der Waals surface area contributed by atoms with Crippen molar-refractivity contribution in [2.45, 2.75) is 182 Å². The summed E-state index contributed by atoms with van der Waals surface area (Å²) in [4.78, 5) is 131. The highest BCUT2D eigenvalue weighted by atomic mass is 16.6. The van der Waals surface area contributed by atoms with Crippen LogP contribution in [0.3, 0.4) is 0 Å². The number of carbonyl (C=O) groups is 10. The van der Waals surface area contributed by atoms with Gasteiger partial charge in [0.05, 0.1) is 6.04 Å². The zero-order valence-electron chi connectivity index (χ0n) is 37.4. The Hall–Kier alpha value is -5.10. The normalized spacial score (nSPS) is 16.7. The van der Waals surface area contributed by atoms with Gasteiger partial charge in [0.1, 0.15) is 41.4 Å².